The Morgan fingerprint density at radius 1 is 0.920 bits per heavy atom. The van der Waals surface area contributed by atoms with Crippen molar-refractivity contribution in [1.29, 1.82) is 0 Å². The van der Waals surface area contributed by atoms with Gasteiger partial charge in [0.05, 0.1) is 23.9 Å². The van der Waals surface area contributed by atoms with E-state index in [2.05, 4.69) is 32.7 Å². The second-order valence-corrected chi connectivity index (χ2v) is 12.6. The molecule has 2 heterocycles. The first-order valence-electron chi connectivity index (χ1n) is 17.2. The number of phenols is 1. The Labute approximate surface area is 291 Å². The Kier molecular flexibility index (Phi) is 11.8. The van der Waals surface area contributed by atoms with Crippen molar-refractivity contribution < 1.29 is 24.5 Å². The number of aliphatic hydroxyl groups excluding tert-OH is 1. The number of para-hydroxylation sites is 1. The van der Waals surface area contributed by atoms with Gasteiger partial charge in [-0.1, -0.05) is 66.7 Å². The summed E-state index contributed by atoms with van der Waals surface area (Å²) in [6.45, 7) is 4.33. The zero-order chi connectivity index (χ0) is 34.7. The topological polar surface area (TPSA) is 136 Å². The number of amides is 1. The number of carbonyl (C=O) groups is 1. The molecule has 0 radical (unpaired) electrons. The molecule has 10 nitrogen and oxygen atoms in total. The molecule has 1 amide bonds. The standard InChI is InChI=1S/C40H44N4O6/c45-36-17-15-33(34-16-18-38(47)43-39(34)36)37(46)27-41-22-19-28-11-13-30(14-12-28)49-26-6-23-44-24-20-31(21-25-44)50-40(48)42-35-10-5-4-9-32(35)29-7-2-1-3-8-29/h1-5,7-18,31,37,41,45-46H,6,19-27H2,(H,42,48)(H,43,47)/t37-/m0/s1. The number of aromatic hydroxyl groups is 1. The van der Waals surface area contributed by atoms with Gasteiger partial charge in [0.25, 0.3) is 0 Å². The third-order valence-corrected chi connectivity index (χ3v) is 9.06. The van der Waals surface area contributed by atoms with Crippen LogP contribution in [0.2, 0.25) is 0 Å². The Hall–Kier alpha value is -5.16. The number of aliphatic hydroxyl groups is 1. The molecule has 4 aromatic carbocycles. The predicted octanol–water partition coefficient (Wildman–Crippen LogP) is 6.25. The fourth-order valence-electron chi connectivity index (χ4n) is 6.36. The molecule has 1 aliphatic heterocycles. The van der Waals surface area contributed by atoms with Gasteiger partial charge < -0.3 is 34.9 Å². The summed E-state index contributed by atoms with van der Waals surface area (Å²) in [6, 6.07) is 32.0. The number of carbonyl (C=O) groups excluding carboxylic acids is 1. The van der Waals surface area contributed by atoms with E-state index in [0.29, 0.717) is 36.2 Å². The van der Waals surface area contributed by atoms with Crippen molar-refractivity contribution in [3.63, 3.8) is 0 Å². The van der Waals surface area contributed by atoms with Crippen LogP contribution in [0.15, 0.2) is 108 Å². The number of pyridine rings is 1. The smallest absolute Gasteiger partial charge is 0.411 e. The predicted molar refractivity (Wildman–Crippen MR) is 196 cm³/mol. The number of fused-ring (bicyclic) bond motifs is 1. The maximum absolute atomic E-state index is 12.7. The van der Waals surface area contributed by atoms with E-state index in [4.69, 9.17) is 9.47 Å². The number of nitrogens with zero attached hydrogens (tertiary/aromatic N) is 1. The number of H-pyrrole nitrogens is 1. The minimum atomic E-state index is -0.792. The Bertz CT molecular complexity index is 1910. The van der Waals surface area contributed by atoms with Crippen LogP contribution in [0.4, 0.5) is 10.5 Å². The van der Waals surface area contributed by atoms with Gasteiger partial charge in [-0.15, -0.1) is 0 Å². The summed E-state index contributed by atoms with van der Waals surface area (Å²) < 4.78 is 11.8. The highest BCUT2D eigenvalue weighted by molar-refractivity contribution is 5.91. The van der Waals surface area contributed by atoms with E-state index in [-0.39, 0.29) is 17.4 Å². The number of hydrogen-bond donors (Lipinski definition) is 5. The van der Waals surface area contributed by atoms with Gasteiger partial charge in [-0.05, 0) is 79.3 Å². The number of piperidine rings is 1. The molecule has 6 rings (SSSR count). The second kappa shape index (κ2) is 17.0. The Morgan fingerprint density at radius 2 is 1.68 bits per heavy atom. The fraction of sp³-hybridized carbons (Fsp3) is 0.300. The lowest BCUT2D eigenvalue weighted by Gasteiger charge is -2.31. The van der Waals surface area contributed by atoms with Crippen LogP contribution in [-0.2, 0) is 11.2 Å². The van der Waals surface area contributed by atoms with E-state index in [1.165, 1.54) is 12.1 Å². The van der Waals surface area contributed by atoms with Crippen LogP contribution < -0.4 is 20.9 Å². The van der Waals surface area contributed by atoms with Crippen molar-refractivity contribution in [3.05, 3.63) is 125 Å². The molecule has 1 fully saturated rings. The SMILES string of the molecule is O=C(Nc1ccccc1-c1ccccc1)OC1CCN(CCCOc2ccc(CCNC[C@H](O)c3ccc(O)c4[nH]c(=O)ccc34)cc2)CC1. The number of rotatable bonds is 14. The lowest BCUT2D eigenvalue weighted by atomic mass is 10.0. The summed E-state index contributed by atoms with van der Waals surface area (Å²) in [4.78, 5) is 29.4. The average molecular weight is 677 g/mol. The monoisotopic (exact) mass is 676 g/mol. The average Bonchev–Trinajstić information content (AvgIpc) is 3.14. The molecular formula is C40H44N4O6. The summed E-state index contributed by atoms with van der Waals surface area (Å²) in [6.07, 6.45) is 2.00. The summed E-state index contributed by atoms with van der Waals surface area (Å²) in [7, 11) is 0. The van der Waals surface area contributed by atoms with Crippen LogP contribution in [0.5, 0.6) is 11.5 Å². The lowest BCUT2D eigenvalue weighted by molar-refractivity contribution is 0.0575. The molecule has 0 aliphatic carbocycles. The third kappa shape index (κ3) is 9.29. The molecule has 50 heavy (non-hydrogen) atoms. The summed E-state index contributed by atoms with van der Waals surface area (Å²) in [5.74, 6) is 0.808. The number of nitrogens with one attached hydrogen (secondary N) is 3. The molecule has 0 saturated carbocycles. The lowest BCUT2D eigenvalue weighted by Crippen LogP contribution is -2.39. The third-order valence-electron chi connectivity index (χ3n) is 9.06. The van der Waals surface area contributed by atoms with E-state index in [0.717, 1.165) is 73.4 Å². The van der Waals surface area contributed by atoms with Crippen molar-refractivity contribution in [2.45, 2.75) is 37.9 Å². The Balaban J connectivity index is 0.846. The number of phenolic OH excluding ortho intramolecular Hbond substituents is 1. The van der Waals surface area contributed by atoms with Gasteiger partial charge in [-0.25, -0.2) is 4.79 Å². The van der Waals surface area contributed by atoms with E-state index in [9.17, 15) is 19.8 Å². The van der Waals surface area contributed by atoms with Crippen molar-refractivity contribution in [1.82, 2.24) is 15.2 Å². The second-order valence-electron chi connectivity index (χ2n) is 12.6. The highest BCUT2D eigenvalue weighted by Crippen LogP contribution is 2.29. The number of anilines is 1. The molecular weight excluding hydrogens is 632 g/mol. The molecule has 5 N–H and O–H groups in total. The largest absolute Gasteiger partial charge is 0.506 e. The van der Waals surface area contributed by atoms with Crippen LogP contribution in [0.1, 0.15) is 36.5 Å². The summed E-state index contributed by atoms with van der Waals surface area (Å²) >= 11 is 0. The van der Waals surface area contributed by atoms with E-state index >= 15 is 0 Å². The van der Waals surface area contributed by atoms with Gasteiger partial charge in [0, 0.05) is 43.2 Å². The van der Waals surface area contributed by atoms with Crippen LogP contribution in [0.25, 0.3) is 22.0 Å². The van der Waals surface area contributed by atoms with Gasteiger partial charge in [-0.2, -0.15) is 0 Å². The van der Waals surface area contributed by atoms with Gasteiger partial charge in [0.15, 0.2) is 0 Å². The van der Waals surface area contributed by atoms with Crippen molar-refractivity contribution in [2.75, 3.05) is 44.6 Å². The first-order chi connectivity index (χ1) is 24.4. The number of aromatic nitrogens is 1. The number of ether oxygens (including phenoxy) is 2. The highest BCUT2D eigenvalue weighted by atomic mass is 16.6. The molecule has 1 atom stereocenters. The number of benzene rings is 4. The maximum Gasteiger partial charge on any atom is 0.411 e. The zero-order valence-corrected chi connectivity index (χ0v) is 28.0. The minimum absolute atomic E-state index is 0.0263. The van der Waals surface area contributed by atoms with Crippen LogP contribution in [0.3, 0.4) is 0 Å². The minimum Gasteiger partial charge on any atom is -0.506 e. The van der Waals surface area contributed by atoms with Crippen molar-refractivity contribution in [2.24, 2.45) is 0 Å². The van der Waals surface area contributed by atoms with Crippen LogP contribution in [-0.4, -0.2) is 71.6 Å². The van der Waals surface area contributed by atoms with Gasteiger partial charge in [-0.3, -0.25) is 10.1 Å². The number of hydrogen-bond acceptors (Lipinski definition) is 8. The maximum atomic E-state index is 12.7. The molecule has 1 aliphatic rings. The van der Waals surface area contributed by atoms with Gasteiger partial charge in [0.1, 0.15) is 17.6 Å². The van der Waals surface area contributed by atoms with Crippen molar-refractivity contribution in [3.8, 4) is 22.6 Å². The molecule has 0 unspecified atom stereocenters. The first-order valence-corrected chi connectivity index (χ1v) is 17.2. The van der Waals surface area contributed by atoms with Gasteiger partial charge in [0.2, 0.25) is 5.56 Å². The van der Waals surface area contributed by atoms with E-state index in [1.54, 1.807) is 12.1 Å². The number of likely N-dealkylation sites (tertiary alicyclic amines) is 1. The molecule has 0 bridgehead atoms. The normalized spacial score (nSPS) is 14.3. The van der Waals surface area contributed by atoms with E-state index in [1.807, 2.05) is 66.7 Å². The van der Waals surface area contributed by atoms with E-state index < -0.39 is 12.2 Å². The fourth-order valence-corrected chi connectivity index (χ4v) is 6.36. The Morgan fingerprint density at radius 3 is 2.48 bits per heavy atom. The molecule has 260 valence electrons. The molecule has 1 saturated heterocycles. The quantitative estimate of drug-likeness (QED) is 0.0872. The van der Waals surface area contributed by atoms with Crippen LogP contribution in [0, 0.1) is 0 Å². The highest BCUT2D eigenvalue weighted by Gasteiger charge is 2.22. The first kappa shape index (κ1) is 34.7. The van der Waals surface area contributed by atoms with Gasteiger partial charge >= 0.3 is 6.09 Å². The summed E-state index contributed by atoms with van der Waals surface area (Å²) in [5, 5.41) is 27.7. The summed E-state index contributed by atoms with van der Waals surface area (Å²) in [5.41, 5.74) is 4.56. The zero-order valence-electron chi connectivity index (χ0n) is 28.0. The molecule has 1 aromatic heterocycles. The van der Waals surface area contributed by atoms with Crippen molar-refractivity contribution >= 4 is 22.7 Å². The van der Waals surface area contributed by atoms with Crippen LogP contribution >= 0.6 is 0 Å². The number of aromatic amines is 1. The molecule has 0 spiro atoms. The molecule has 5 aromatic rings. The molecule has 10 heteroatoms.